The number of allylic oxidation sites excluding steroid dienone is 1. The van der Waals surface area contributed by atoms with Crippen LogP contribution in [0.25, 0.3) is 0 Å². The van der Waals surface area contributed by atoms with Crippen molar-refractivity contribution in [2.75, 3.05) is 5.32 Å². The number of rotatable bonds is 1. The molecule has 0 aliphatic carbocycles. The Hall–Kier alpha value is -1.64. The highest BCUT2D eigenvalue weighted by Gasteiger charge is 1.93. The van der Waals surface area contributed by atoms with Gasteiger partial charge in [-0.15, -0.1) is 6.58 Å². The summed E-state index contributed by atoms with van der Waals surface area (Å²) in [4.78, 5) is 10.5. The fourth-order valence-electron chi connectivity index (χ4n) is 0.736. The monoisotopic (exact) mass is 195 g/mol. The lowest BCUT2D eigenvalue weighted by molar-refractivity contribution is -0.114. The van der Waals surface area contributed by atoms with Crippen molar-refractivity contribution in [1.29, 1.82) is 0 Å². The van der Waals surface area contributed by atoms with Gasteiger partial charge in [0.05, 0.1) is 0 Å². The first-order chi connectivity index (χ1) is 6.60. The third kappa shape index (κ3) is 5.94. The molecule has 0 bridgehead atoms. The second-order valence-electron chi connectivity index (χ2n) is 2.60. The van der Waals surface area contributed by atoms with Crippen molar-refractivity contribution in [1.82, 2.24) is 0 Å². The average Bonchev–Trinajstić information content (AvgIpc) is 2.09. The minimum absolute atomic E-state index is 0.156. The van der Waals surface area contributed by atoms with Gasteiger partial charge >= 0.3 is 0 Å². The Morgan fingerprint density at radius 3 is 2.21 bits per heavy atom. The molecule has 0 aliphatic heterocycles. The summed E-state index contributed by atoms with van der Waals surface area (Å²) in [6, 6.07) is 5.62. The molecule has 1 N–H and O–H groups in total. The molecule has 0 spiro atoms. The Morgan fingerprint density at radius 2 is 1.86 bits per heavy atom. The van der Waals surface area contributed by atoms with E-state index in [1.165, 1.54) is 31.2 Å². The maximum Gasteiger partial charge on any atom is 0.221 e. The van der Waals surface area contributed by atoms with Crippen LogP contribution in [0.4, 0.5) is 10.1 Å². The molecule has 0 saturated carbocycles. The quantitative estimate of drug-likeness (QED) is 0.686. The van der Waals surface area contributed by atoms with Crippen molar-refractivity contribution in [2.45, 2.75) is 13.8 Å². The summed E-state index contributed by atoms with van der Waals surface area (Å²) >= 11 is 0. The summed E-state index contributed by atoms with van der Waals surface area (Å²) in [5, 5.41) is 2.53. The highest BCUT2D eigenvalue weighted by atomic mass is 19.1. The van der Waals surface area contributed by atoms with Crippen LogP contribution < -0.4 is 5.32 Å². The molecule has 0 aliphatic rings. The standard InChI is InChI=1S/C8H8FNO.C3H6/c1-6(11)10-8-4-2-7(9)3-5-8;1-3-2/h2-5H,1H3,(H,10,11);3H,1H2,2H3. The zero-order valence-electron chi connectivity index (χ0n) is 8.38. The van der Waals surface area contributed by atoms with Gasteiger partial charge in [0, 0.05) is 12.6 Å². The number of hydrogen-bond acceptors (Lipinski definition) is 1. The number of benzene rings is 1. The molecule has 0 saturated heterocycles. The van der Waals surface area contributed by atoms with E-state index in [0.717, 1.165) is 0 Å². The molecule has 0 unspecified atom stereocenters. The van der Waals surface area contributed by atoms with E-state index in [9.17, 15) is 9.18 Å². The van der Waals surface area contributed by atoms with Crippen molar-refractivity contribution in [3.8, 4) is 0 Å². The van der Waals surface area contributed by atoms with E-state index in [-0.39, 0.29) is 11.7 Å². The van der Waals surface area contributed by atoms with E-state index in [0.29, 0.717) is 5.69 Å². The first kappa shape index (κ1) is 12.4. The number of hydrogen-bond donors (Lipinski definition) is 1. The molecule has 76 valence electrons. The van der Waals surface area contributed by atoms with E-state index in [1.54, 1.807) is 6.08 Å². The number of carbonyl (C=O) groups excluding carboxylic acids is 1. The minimum Gasteiger partial charge on any atom is -0.326 e. The second kappa shape index (κ2) is 6.83. The first-order valence-electron chi connectivity index (χ1n) is 4.20. The number of anilines is 1. The SMILES string of the molecule is C=CC.CC(=O)Nc1ccc(F)cc1. The molecule has 0 radical (unpaired) electrons. The Kier molecular flexibility index (Phi) is 6.03. The van der Waals surface area contributed by atoms with Gasteiger partial charge in [-0.1, -0.05) is 6.08 Å². The van der Waals surface area contributed by atoms with Gasteiger partial charge in [0.2, 0.25) is 5.91 Å². The molecule has 1 aromatic rings. The van der Waals surface area contributed by atoms with Gasteiger partial charge in [-0.25, -0.2) is 4.39 Å². The highest BCUT2D eigenvalue weighted by molar-refractivity contribution is 5.88. The molecule has 1 amide bonds. The fraction of sp³-hybridized carbons (Fsp3) is 0.182. The Bertz CT molecular complexity index is 293. The summed E-state index contributed by atoms with van der Waals surface area (Å²) in [7, 11) is 0. The maximum absolute atomic E-state index is 12.3. The zero-order valence-corrected chi connectivity index (χ0v) is 8.38. The van der Waals surface area contributed by atoms with E-state index in [4.69, 9.17) is 0 Å². The van der Waals surface area contributed by atoms with Crippen molar-refractivity contribution in [3.05, 3.63) is 42.7 Å². The Morgan fingerprint density at radius 1 is 1.43 bits per heavy atom. The lowest BCUT2D eigenvalue weighted by Gasteiger charge is -1.99. The third-order valence-corrected chi connectivity index (χ3v) is 1.16. The topological polar surface area (TPSA) is 29.1 Å². The Balaban J connectivity index is 0.000000500. The van der Waals surface area contributed by atoms with Crippen molar-refractivity contribution in [2.24, 2.45) is 0 Å². The number of nitrogens with one attached hydrogen (secondary N) is 1. The van der Waals surface area contributed by atoms with E-state index in [2.05, 4.69) is 11.9 Å². The lowest BCUT2D eigenvalue weighted by Crippen LogP contribution is -2.05. The van der Waals surface area contributed by atoms with Gasteiger partial charge in [-0.2, -0.15) is 0 Å². The number of halogens is 1. The van der Waals surface area contributed by atoms with Crippen LogP contribution in [0, 0.1) is 5.82 Å². The van der Waals surface area contributed by atoms with Crippen LogP contribution in [0.3, 0.4) is 0 Å². The number of carbonyl (C=O) groups is 1. The predicted octanol–water partition coefficient (Wildman–Crippen LogP) is 2.98. The summed E-state index contributed by atoms with van der Waals surface area (Å²) in [6.07, 6.45) is 1.75. The van der Waals surface area contributed by atoms with Crippen LogP contribution in [-0.4, -0.2) is 5.91 Å². The van der Waals surface area contributed by atoms with Crippen LogP contribution in [0.1, 0.15) is 13.8 Å². The van der Waals surface area contributed by atoms with Crippen LogP contribution in [-0.2, 0) is 4.79 Å². The van der Waals surface area contributed by atoms with Gasteiger partial charge in [0.15, 0.2) is 0 Å². The summed E-state index contributed by atoms with van der Waals surface area (Å²) in [6.45, 7) is 6.66. The van der Waals surface area contributed by atoms with Crippen LogP contribution >= 0.6 is 0 Å². The zero-order chi connectivity index (χ0) is 11.0. The molecule has 0 aromatic heterocycles. The number of amides is 1. The van der Waals surface area contributed by atoms with Gasteiger partial charge in [0.25, 0.3) is 0 Å². The summed E-state index contributed by atoms with van der Waals surface area (Å²) < 4.78 is 12.3. The molecule has 1 rings (SSSR count). The lowest BCUT2D eigenvalue weighted by atomic mass is 10.3. The van der Waals surface area contributed by atoms with E-state index >= 15 is 0 Å². The van der Waals surface area contributed by atoms with Crippen LogP contribution in [0.2, 0.25) is 0 Å². The normalized spacial score (nSPS) is 8.21. The summed E-state index contributed by atoms with van der Waals surface area (Å²) in [5.41, 5.74) is 0.610. The van der Waals surface area contributed by atoms with Gasteiger partial charge in [-0.05, 0) is 31.2 Å². The van der Waals surface area contributed by atoms with Crippen molar-refractivity contribution < 1.29 is 9.18 Å². The van der Waals surface area contributed by atoms with E-state index in [1.807, 2.05) is 6.92 Å². The van der Waals surface area contributed by atoms with Gasteiger partial charge < -0.3 is 5.32 Å². The molecule has 0 fully saturated rings. The second-order valence-corrected chi connectivity index (χ2v) is 2.60. The molecule has 1 aromatic carbocycles. The maximum atomic E-state index is 12.3. The molecular formula is C11H14FNO. The molecule has 0 atom stereocenters. The van der Waals surface area contributed by atoms with E-state index < -0.39 is 0 Å². The molecule has 0 heterocycles. The largest absolute Gasteiger partial charge is 0.326 e. The van der Waals surface area contributed by atoms with Gasteiger partial charge in [-0.3, -0.25) is 4.79 Å². The van der Waals surface area contributed by atoms with Crippen molar-refractivity contribution in [3.63, 3.8) is 0 Å². The highest BCUT2D eigenvalue weighted by Crippen LogP contribution is 2.07. The molecule has 3 heteroatoms. The van der Waals surface area contributed by atoms with Crippen molar-refractivity contribution >= 4 is 11.6 Å². The Labute approximate surface area is 83.4 Å². The predicted molar refractivity (Wildman–Crippen MR) is 56.6 cm³/mol. The van der Waals surface area contributed by atoms with Gasteiger partial charge in [0.1, 0.15) is 5.82 Å². The first-order valence-corrected chi connectivity index (χ1v) is 4.20. The van der Waals surface area contributed by atoms with Crippen LogP contribution in [0.5, 0.6) is 0 Å². The fourth-order valence-corrected chi connectivity index (χ4v) is 0.736. The molecule has 14 heavy (non-hydrogen) atoms. The molecule has 2 nitrogen and oxygen atoms in total. The third-order valence-electron chi connectivity index (χ3n) is 1.16. The summed E-state index contributed by atoms with van der Waals surface area (Å²) in [5.74, 6) is -0.462. The smallest absolute Gasteiger partial charge is 0.221 e. The van der Waals surface area contributed by atoms with Crippen LogP contribution in [0.15, 0.2) is 36.9 Å². The average molecular weight is 195 g/mol. The molecular weight excluding hydrogens is 181 g/mol. The minimum atomic E-state index is -0.306.